The number of hydrogen-bond donors (Lipinski definition) is 1. The largest absolute Gasteiger partial charge is 0.383 e. The highest BCUT2D eigenvalue weighted by Crippen LogP contribution is 2.30. The highest BCUT2D eigenvalue weighted by Gasteiger charge is 2.15. The summed E-state index contributed by atoms with van der Waals surface area (Å²) in [6.45, 7) is 1.37. The Bertz CT molecular complexity index is 807. The van der Waals surface area contributed by atoms with Crippen LogP contribution in [0.25, 0.3) is 21.6 Å². The number of fused-ring (bicyclic) bond motifs is 1. The van der Waals surface area contributed by atoms with Gasteiger partial charge in [0.2, 0.25) is 0 Å². The van der Waals surface area contributed by atoms with Crippen LogP contribution in [-0.4, -0.2) is 36.2 Å². The van der Waals surface area contributed by atoms with E-state index in [1.54, 1.807) is 19.5 Å². The molecule has 3 aromatic rings. The number of ether oxygens (including phenoxy) is 1. The van der Waals surface area contributed by atoms with E-state index in [9.17, 15) is 4.79 Å². The fourth-order valence-corrected chi connectivity index (χ4v) is 3.26. The molecule has 1 N–H and O–H groups in total. The van der Waals surface area contributed by atoms with Gasteiger partial charge in [0.25, 0.3) is 5.91 Å². The van der Waals surface area contributed by atoms with E-state index in [1.165, 1.54) is 11.3 Å². The Balaban J connectivity index is 2.08. The molecule has 0 bridgehead atoms. The van der Waals surface area contributed by atoms with E-state index >= 15 is 0 Å². The number of para-hydroxylation sites is 1. The van der Waals surface area contributed by atoms with Crippen molar-refractivity contribution in [2.45, 2.75) is 6.54 Å². The summed E-state index contributed by atoms with van der Waals surface area (Å²) in [7, 11) is 3.30. The van der Waals surface area contributed by atoms with Crippen molar-refractivity contribution in [1.29, 1.82) is 0 Å². The van der Waals surface area contributed by atoms with E-state index in [0.29, 0.717) is 12.3 Å². The van der Waals surface area contributed by atoms with Gasteiger partial charge in [0, 0.05) is 37.0 Å². The Morgan fingerprint density at radius 1 is 1.41 bits per heavy atom. The molecule has 1 amide bonds. The van der Waals surface area contributed by atoms with Crippen molar-refractivity contribution < 1.29 is 9.53 Å². The van der Waals surface area contributed by atoms with Crippen LogP contribution in [0.5, 0.6) is 0 Å². The summed E-state index contributed by atoms with van der Waals surface area (Å²) >= 11 is 1.48. The first-order valence-electron chi connectivity index (χ1n) is 6.99. The summed E-state index contributed by atoms with van der Waals surface area (Å²) in [6.07, 6.45) is 0. The van der Waals surface area contributed by atoms with Gasteiger partial charge in [-0.1, -0.05) is 18.2 Å². The number of carbonyl (C=O) groups excluding carboxylic acids is 1. The fourth-order valence-electron chi connectivity index (χ4n) is 2.43. The van der Waals surface area contributed by atoms with Gasteiger partial charge in [0.15, 0.2) is 0 Å². The molecule has 3 rings (SSSR count). The molecule has 0 atom stereocenters. The summed E-state index contributed by atoms with van der Waals surface area (Å²) < 4.78 is 7.40. The number of hydrogen-bond acceptors (Lipinski definition) is 4. The average Bonchev–Trinajstić information content (AvgIpc) is 3.16. The average molecular weight is 315 g/mol. The van der Waals surface area contributed by atoms with E-state index in [-0.39, 0.29) is 5.91 Å². The van der Waals surface area contributed by atoms with Crippen molar-refractivity contribution in [1.82, 2.24) is 14.9 Å². The molecule has 6 heteroatoms. The molecule has 1 aromatic carbocycles. The van der Waals surface area contributed by atoms with Gasteiger partial charge in [-0.2, -0.15) is 0 Å². The number of methoxy groups -OCH3 is 1. The third kappa shape index (κ3) is 2.63. The standard InChI is InChI=1S/C16H17N3O2S/c1-17-15(20)12-10-22-16(18-12)14-9-11-5-3-4-6-13(11)19(14)7-8-21-2/h3-6,9-10H,7-8H2,1-2H3,(H,17,20). The molecule has 2 heterocycles. The van der Waals surface area contributed by atoms with Crippen molar-refractivity contribution in [2.24, 2.45) is 0 Å². The summed E-state index contributed by atoms with van der Waals surface area (Å²) in [5.74, 6) is -0.165. The normalized spacial score (nSPS) is 11.0. The molecule has 2 aromatic heterocycles. The number of benzene rings is 1. The van der Waals surface area contributed by atoms with Gasteiger partial charge in [-0.15, -0.1) is 11.3 Å². The Kier molecular flexibility index (Phi) is 4.22. The van der Waals surface area contributed by atoms with Gasteiger partial charge < -0.3 is 14.6 Å². The van der Waals surface area contributed by atoms with Gasteiger partial charge in [-0.25, -0.2) is 4.98 Å². The molecule has 114 valence electrons. The summed E-state index contributed by atoms with van der Waals surface area (Å²) in [6, 6.07) is 10.3. The first-order chi connectivity index (χ1) is 10.7. The minimum Gasteiger partial charge on any atom is -0.383 e. The second-order valence-corrected chi connectivity index (χ2v) is 5.71. The molecule has 0 aliphatic heterocycles. The Hall–Kier alpha value is -2.18. The van der Waals surface area contributed by atoms with Crippen LogP contribution < -0.4 is 5.32 Å². The Labute approximate surface area is 132 Å². The van der Waals surface area contributed by atoms with E-state index in [0.717, 1.165) is 28.1 Å². The quantitative estimate of drug-likeness (QED) is 0.787. The molecule has 0 fully saturated rings. The second-order valence-electron chi connectivity index (χ2n) is 4.85. The predicted octanol–water partition coefficient (Wildman–Crippen LogP) is 2.77. The number of aromatic nitrogens is 2. The monoisotopic (exact) mass is 315 g/mol. The maximum atomic E-state index is 11.7. The maximum absolute atomic E-state index is 11.7. The van der Waals surface area contributed by atoms with E-state index in [2.05, 4.69) is 33.1 Å². The molecule has 0 saturated heterocycles. The van der Waals surface area contributed by atoms with Crippen LogP contribution in [-0.2, 0) is 11.3 Å². The minimum atomic E-state index is -0.165. The van der Waals surface area contributed by atoms with E-state index in [4.69, 9.17) is 4.74 Å². The summed E-state index contributed by atoms with van der Waals surface area (Å²) in [5.41, 5.74) is 2.61. The lowest BCUT2D eigenvalue weighted by molar-refractivity contribution is 0.0959. The van der Waals surface area contributed by atoms with Crippen LogP contribution in [0.15, 0.2) is 35.7 Å². The van der Waals surface area contributed by atoms with Crippen LogP contribution in [0.1, 0.15) is 10.5 Å². The van der Waals surface area contributed by atoms with Crippen molar-refractivity contribution in [3.63, 3.8) is 0 Å². The lowest BCUT2D eigenvalue weighted by atomic mass is 10.2. The van der Waals surface area contributed by atoms with Crippen molar-refractivity contribution in [3.05, 3.63) is 41.4 Å². The summed E-state index contributed by atoms with van der Waals surface area (Å²) in [5, 5.41) is 6.38. The van der Waals surface area contributed by atoms with Gasteiger partial charge in [0.05, 0.1) is 12.3 Å². The molecular formula is C16H17N3O2S. The zero-order valence-corrected chi connectivity index (χ0v) is 13.3. The minimum absolute atomic E-state index is 0.165. The highest BCUT2D eigenvalue weighted by atomic mass is 32.1. The van der Waals surface area contributed by atoms with E-state index in [1.807, 2.05) is 12.1 Å². The van der Waals surface area contributed by atoms with E-state index < -0.39 is 0 Å². The molecule has 0 spiro atoms. The molecule has 0 unspecified atom stereocenters. The Morgan fingerprint density at radius 3 is 3.00 bits per heavy atom. The first kappa shape index (κ1) is 14.7. The smallest absolute Gasteiger partial charge is 0.270 e. The summed E-state index contributed by atoms with van der Waals surface area (Å²) in [4.78, 5) is 16.2. The predicted molar refractivity (Wildman–Crippen MR) is 88.3 cm³/mol. The third-order valence-electron chi connectivity index (χ3n) is 3.51. The number of amides is 1. The SMILES string of the molecule is CNC(=O)c1csc(-c2cc3ccccc3n2CCOC)n1. The number of nitrogens with one attached hydrogen (secondary N) is 1. The van der Waals surface area contributed by atoms with Crippen LogP contribution in [0.4, 0.5) is 0 Å². The van der Waals surface area contributed by atoms with Crippen LogP contribution in [0, 0.1) is 0 Å². The fraction of sp³-hybridized carbons (Fsp3) is 0.250. The molecule has 0 aliphatic carbocycles. The first-order valence-corrected chi connectivity index (χ1v) is 7.87. The maximum Gasteiger partial charge on any atom is 0.270 e. The topological polar surface area (TPSA) is 56.2 Å². The third-order valence-corrected chi connectivity index (χ3v) is 4.38. The molecular weight excluding hydrogens is 298 g/mol. The zero-order chi connectivity index (χ0) is 15.5. The van der Waals surface area contributed by atoms with Crippen molar-refractivity contribution in [2.75, 3.05) is 20.8 Å². The molecule has 0 aliphatic rings. The van der Waals surface area contributed by atoms with Gasteiger partial charge in [-0.3, -0.25) is 4.79 Å². The number of rotatable bonds is 5. The van der Waals surface area contributed by atoms with Gasteiger partial charge >= 0.3 is 0 Å². The number of nitrogens with zero attached hydrogens (tertiary/aromatic N) is 2. The Morgan fingerprint density at radius 2 is 2.23 bits per heavy atom. The van der Waals surface area contributed by atoms with Crippen LogP contribution >= 0.6 is 11.3 Å². The van der Waals surface area contributed by atoms with Crippen molar-refractivity contribution in [3.8, 4) is 10.7 Å². The lowest BCUT2D eigenvalue weighted by Crippen LogP contribution is -2.18. The van der Waals surface area contributed by atoms with Gasteiger partial charge in [-0.05, 0) is 12.1 Å². The molecule has 5 nitrogen and oxygen atoms in total. The molecule has 22 heavy (non-hydrogen) atoms. The lowest BCUT2D eigenvalue weighted by Gasteiger charge is -2.08. The molecule has 0 saturated carbocycles. The highest BCUT2D eigenvalue weighted by molar-refractivity contribution is 7.13. The van der Waals surface area contributed by atoms with Crippen LogP contribution in [0.3, 0.4) is 0 Å². The number of thiazole rings is 1. The zero-order valence-electron chi connectivity index (χ0n) is 12.5. The van der Waals surface area contributed by atoms with Gasteiger partial charge in [0.1, 0.15) is 10.7 Å². The molecule has 0 radical (unpaired) electrons. The number of carbonyl (C=O) groups is 1. The second kappa shape index (κ2) is 6.29. The van der Waals surface area contributed by atoms with Crippen LogP contribution in [0.2, 0.25) is 0 Å². The van der Waals surface area contributed by atoms with Crippen molar-refractivity contribution >= 4 is 28.1 Å².